The summed E-state index contributed by atoms with van der Waals surface area (Å²) in [6.45, 7) is 3.34. The first kappa shape index (κ1) is 15.8. The van der Waals surface area contributed by atoms with Crippen LogP contribution < -0.4 is 5.32 Å². The quantitative estimate of drug-likeness (QED) is 0.876. The summed E-state index contributed by atoms with van der Waals surface area (Å²) in [6.07, 6.45) is 8.05. The third-order valence-electron chi connectivity index (χ3n) is 5.61. The smallest absolute Gasteiger partial charge is 0.254 e. The second kappa shape index (κ2) is 6.29. The summed E-state index contributed by atoms with van der Waals surface area (Å²) in [6, 6.07) is 2.43. The molecule has 2 saturated carbocycles. The first-order valence-corrected chi connectivity index (χ1v) is 8.83. The molecule has 2 atom stereocenters. The van der Waals surface area contributed by atoms with E-state index in [1.54, 1.807) is 18.0 Å². The van der Waals surface area contributed by atoms with Gasteiger partial charge in [-0.05, 0) is 26.2 Å². The van der Waals surface area contributed by atoms with E-state index < -0.39 is 0 Å². The number of nitrogens with one attached hydrogen (secondary N) is 1. The topological polar surface area (TPSA) is 73.6 Å². The lowest BCUT2D eigenvalue weighted by atomic mass is 9.60. The minimum atomic E-state index is 0.271. The highest BCUT2D eigenvalue weighted by Gasteiger charge is 2.56. The minimum absolute atomic E-state index is 0.271. The molecule has 0 unspecified atom stereocenters. The van der Waals surface area contributed by atoms with Crippen LogP contribution in [0.15, 0.2) is 12.4 Å². The number of aromatic nitrogens is 4. The molecule has 4 rings (SSSR count). The predicted molar refractivity (Wildman–Crippen MR) is 89.8 cm³/mol. The number of fused-ring (bicyclic) bond motifs is 1. The molecule has 2 aliphatic rings. The molecule has 0 saturated heterocycles. The Morgan fingerprint density at radius 2 is 2.21 bits per heavy atom. The predicted octanol–water partition coefficient (Wildman–Crippen LogP) is 2.42. The van der Waals surface area contributed by atoms with Gasteiger partial charge in [0.15, 0.2) is 0 Å². The van der Waals surface area contributed by atoms with Crippen molar-refractivity contribution in [3.05, 3.63) is 18.1 Å². The molecule has 0 radical (unpaired) electrons. The number of methoxy groups -OCH3 is 1. The van der Waals surface area contributed by atoms with E-state index in [1.165, 1.54) is 25.7 Å². The second-order valence-corrected chi connectivity index (χ2v) is 6.85. The Kier molecular flexibility index (Phi) is 4.14. The first-order valence-electron chi connectivity index (χ1n) is 8.83. The maximum Gasteiger partial charge on any atom is 0.254 e. The standard InChI is InChI=1S/C17H25N5O2/c1-3-24-14-9-13(17(14)6-4-5-7-17)21-15-8-12(10-23-2)20-16-18-11-19-22(15)16/h8,11,13-14,21H,3-7,9-10H2,1-2H3/t13-,14-/m1/s1. The van der Waals surface area contributed by atoms with Crippen molar-refractivity contribution in [2.24, 2.45) is 5.41 Å². The molecule has 0 bridgehead atoms. The fourth-order valence-electron chi connectivity index (χ4n) is 4.45. The van der Waals surface area contributed by atoms with Gasteiger partial charge in [0.05, 0.1) is 18.4 Å². The maximum absolute atomic E-state index is 6.01. The average molecular weight is 331 g/mol. The van der Waals surface area contributed by atoms with Crippen molar-refractivity contribution < 1.29 is 9.47 Å². The molecule has 24 heavy (non-hydrogen) atoms. The molecule has 2 aromatic rings. The van der Waals surface area contributed by atoms with Gasteiger partial charge in [0.1, 0.15) is 12.1 Å². The van der Waals surface area contributed by atoms with Crippen LogP contribution in [0.25, 0.3) is 5.78 Å². The van der Waals surface area contributed by atoms with Crippen molar-refractivity contribution in [1.82, 2.24) is 19.6 Å². The van der Waals surface area contributed by atoms with E-state index >= 15 is 0 Å². The van der Waals surface area contributed by atoms with E-state index in [9.17, 15) is 0 Å². The van der Waals surface area contributed by atoms with Gasteiger partial charge in [-0.3, -0.25) is 0 Å². The monoisotopic (exact) mass is 331 g/mol. The van der Waals surface area contributed by atoms with Crippen LogP contribution in [0.1, 0.15) is 44.7 Å². The third-order valence-corrected chi connectivity index (χ3v) is 5.61. The van der Waals surface area contributed by atoms with Crippen LogP contribution >= 0.6 is 0 Å². The van der Waals surface area contributed by atoms with Crippen molar-refractivity contribution in [2.75, 3.05) is 19.0 Å². The lowest BCUT2D eigenvalue weighted by Crippen LogP contribution is -2.60. The summed E-state index contributed by atoms with van der Waals surface area (Å²) in [5.41, 5.74) is 1.13. The highest BCUT2D eigenvalue weighted by Crippen LogP contribution is 2.55. The fraction of sp³-hybridized carbons (Fsp3) is 0.706. The van der Waals surface area contributed by atoms with Crippen LogP contribution in [0.3, 0.4) is 0 Å². The molecule has 2 aromatic heterocycles. The van der Waals surface area contributed by atoms with Crippen molar-refractivity contribution >= 4 is 11.6 Å². The Labute approximate surface area is 141 Å². The number of nitrogens with zero attached hydrogens (tertiary/aromatic N) is 4. The highest BCUT2D eigenvalue weighted by atomic mass is 16.5. The summed E-state index contributed by atoms with van der Waals surface area (Å²) in [5, 5.41) is 8.02. The Balaban J connectivity index is 1.61. The van der Waals surface area contributed by atoms with Crippen LogP contribution in [-0.4, -0.2) is 45.4 Å². The van der Waals surface area contributed by atoms with Crippen molar-refractivity contribution in [1.29, 1.82) is 0 Å². The van der Waals surface area contributed by atoms with Crippen LogP contribution in [-0.2, 0) is 16.1 Å². The zero-order chi connectivity index (χ0) is 16.6. The van der Waals surface area contributed by atoms with Gasteiger partial charge in [0.25, 0.3) is 5.78 Å². The Morgan fingerprint density at radius 1 is 1.38 bits per heavy atom. The molecule has 0 amide bonds. The van der Waals surface area contributed by atoms with Gasteiger partial charge >= 0.3 is 0 Å². The summed E-state index contributed by atoms with van der Waals surface area (Å²) in [5.74, 6) is 1.55. The second-order valence-electron chi connectivity index (χ2n) is 6.85. The Bertz CT molecular complexity index is 710. The number of hydrogen-bond donors (Lipinski definition) is 1. The van der Waals surface area contributed by atoms with Gasteiger partial charge in [-0.1, -0.05) is 12.8 Å². The van der Waals surface area contributed by atoms with Gasteiger partial charge in [0.2, 0.25) is 0 Å². The van der Waals surface area contributed by atoms with E-state index in [-0.39, 0.29) is 5.41 Å². The lowest BCUT2D eigenvalue weighted by Gasteiger charge is -2.54. The van der Waals surface area contributed by atoms with Crippen molar-refractivity contribution in [2.45, 2.75) is 57.8 Å². The van der Waals surface area contributed by atoms with E-state index in [4.69, 9.17) is 9.47 Å². The number of anilines is 1. The lowest BCUT2D eigenvalue weighted by molar-refractivity contribution is -0.114. The molecule has 0 aromatic carbocycles. The van der Waals surface area contributed by atoms with Gasteiger partial charge in [-0.25, -0.2) is 4.98 Å². The number of ether oxygens (including phenoxy) is 2. The molecule has 7 heteroatoms. The largest absolute Gasteiger partial charge is 0.378 e. The summed E-state index contributed by atoms with van der Waals surface area (Å²) >= 11 is 0. The van der Waals surface area contributed by atoms with Crippen molar-refractivity contribution in [3.8, 4) is 0 Å². The summed E-state index contributed by atoms with van der Waals surface area (Å²) in [7, 11) is 1.68. The van der Waals surface area contributed by atoms with Crippen LogP contribution in [0.2, 0.25) is 0 Å². The SMILES string of the molecule is CCO[C@@H]1C[C@@H](Nc2cc(COC)nc3ncnn23)C12CCCC2. The molecule has 130 valence electrons. The Hall–Kier alpha value is -1.73. The van der Waals surface area contributed by atoms with E-state index in [0.29, 0.717) is 24.5 Å². The molecular weight excluding hydrogens is 306 g/mol. The molecule has 1 spiro atoms. The van der Waals surface area contributed by atoms with Gasteiger partial charge in [-0.2, -0.15) is 14.6 Å². The van der Waals surface area contributed by atoms with E-state index in [1.807, 2.05) is 6.07 Å². The minimum Gasteiger partial charge on any atom is -0.378 e. The third kappa shape index (κ3) is 2.46. The van der Waals surface area contributed by atoms with Crippen LogP contribution in [0.4, 0.5) is 5.82 Å². The van der Waals surface area contributed by atoms with Crippen LogP contribution in [0, 0.1) is 5.41 Å². The van der Waals surface area contributed by atoms with Gasteiger partial charge in [0, 0.05) is 31.2 Å². The zero-order valence-electron chi connectivity index (χ0n) is 14.4. The molecule has 2 fully saturated rings. The van der Waals surface area contributed by atoms with Gasteiger partial charge < -0.3 is 14.8 Å². The molecule has 0 aliphatic heterocycles. The van der Waals surface area contributed by atoms with Gasteiger partial charge in [-0.15, -0.1) is 0 Å². The molecule has 2 aliphatic carbocycles. The molecular formula is C17H25N5O2. The molecule has 1 N–H and O–H groups in total. The first-order chi connectivity index (χ1) is 11.8. The van der Waals surface area contributed by atoms with Crippen molar-refractivity contribution in [3.63, 3.8) is 0 Å². The highest BCUT2D eigenvalue weighted by molar-refractivity contribution is 5.47. The maximum atomic E-state index is 6.01. The average Bonchev–Trinajstić information content (AvgIpc) is 3.24. The van der Waals surface area contributed by atoms with Crippen LogP contribution in [0.5, 0.6) is 0 Å². The molecule has 7 nitrogen and oxygen atoms in total. The Morgan fingerprint density at radius 3 is 2.96 bits per heavy atom. The summed E-state index contributed by atoms with van der Waals surface area (Å²) in [4.78, 5) is 8.70. The van der Waals surface area contributed by atoms with E-state index in [2.05, 4.69) is 27.3 Å². The molecule has 2 heterocycles. The van der Waals surface area contributed by atoms with E-state index in [0.717, 1.165) is 24.5 Å². The number of rotatable bonds is 6. The summed E-state index contributed by atoms with van der Waals surface area (Å²) < 4.78 is 13.0. The number of hydrogen-bond acceptors (Lipinski definition) is 6. The normalized spacial score (nSPS) is 25.2. The fourth-order valence-corrected chi connectivity index (χ4v) is 4.45. The zero-order valence-corrected chi connectivity index (χ0v) is 14.4.